The lowest BCUT2D eigenvalue weighted by atomic mass is 10.3. The van der Waals surface area contributed by atoms with Gasteiger partial charge in [-0.15, -0.1) is 5.69 Å². The maximum Gasteiger partial charge on any atom is 0.244 e. The molecule has 1 amide bonds. The van der Waals surface area contributed by atoms with Crippen LogP contribution in [0, 0.1) is 0 Å². The fraction of sp³-hybridized carbons (Fsp3) is 0.600. The van der Waals surface area contributed by atoms with E-state index in [0.29, 0.717) is 5.69 Å². The van der Waals surface area contributed by atoms with Crippen LogP contribution >= 0.6 is 0 Å². The molecule has 2 heterocycles. The van der Waals surface area contributed by atoms with Gasteiger partial charge < -0.3 is 15.5 Å². The number of carbonyl (C=O) groups excluding carboxylic acids is 1. The van der Waals surface area contributed by atoms with Crippen LogP contribution in [0.4, 0.5) is 5.69 Å². The van der Waals surface area contributed by atoms with Gasteiger partial charge in [0.05, 0.1) is 0 Å². The summed E-state index contributed by atoms with van der Waals surface area (Å²) in [6.07, 6.45) is 3.01. The minimum absolute atomic E-state index is 0.0798. The fourth-order valence-corrected chi connectivity index (χ4v) is 1.74. The lowest BCUT2D eigenvalue weighted by Crippen LogP contribution is -2.48. The van der Waals surface area contributed by atoms with E-state index in [9.17, 15) is 4.79 Å². The predicted octanol–water partition coefficient (Wildman–Crippen LogP) is 0.341. The summed E-state index contributed by atoms with van der Waals surface area (Å²) >= 11 is 0. The Kier molecular flexibility index (Phi) is 3.09. The third-order valence-electron chi connectivity index (χ3n) is 2.79. The number of amides is 1. The second-order valence-electron chi connectivity index (χ2n) is 4.11. The van der Waals surface area contributed by atoms with Crippen LogP contribution in [0.2, 0.25) is 0 Å². The number of piperazine rings is 1. The van der Waals surface area contributed by atoms with Crippen molar-refractivity contribution in [2.45, 2.75) is 6.54 Å². The van der Waals surface area contributed by atoms with Crippen molar-refractivity contribution < 1.29 is 4.79 Å². The summed E-state index contributed by atoms with van der Waals surface area (Å²) in [5, 5.41) is 3.94. The zero-order valence-electron chi connectivity index (χ0n) is 9.39. The Morgan fingerprint density at radius 3 is 2.69 bits per heavy atom. The molecule has 6 nitrogen and oxygen atoms in total. The molecular weight excluding hydrogens is 206 g/mol. The van der Waals surface area contributed by atoms with Crippen LogP contribution in [0.1, 0.15) is 0 Å². The average molecular weight is 222 g/mol. The minimum atomic E-state index is 0.0798. The van der Waals surface area contributed by atoms with Crippen LogP contribution in [-0.4, -0.2) is 58.7 Å². The first-order valence-electron chi connectivity index (χ1n) is 5.35. The molecule has 88 valence electrons. The Hall–Kier alpha value is -1.56. The average Bonchev–Trinajstić information content (AvgIpc) is 2.65. The Balaban J connectivity index is 1.88. The molecule has 1 saturated heterocycles. The predicted molar refractivity (Wildman–Crippen MR) is 60.3 cm³/mol. The summed E-state index contributed by atoms with van der Waals surface area (Å²) in [6, 6.07) is 0. The van der Waals surface area contributed by atoms with E-state index < -0.39 is 0 Å². The highest BCUT2D eigenvalue weighted by Crippen LogP contribution is 2.07. The molecule has 0 atom stereocenters. The summed E-state index contributed by atoms with van der Waals surface area (Å²) in [5.41, 5.74) is 7.66. The van der Waals surface area contributed by atoms with E-state index >= 15 is 0 Å². The zero-order chi connectivity index (χ0) is 11.5. The normalized spacial score (nSPS) is 17.7. The van der Waals surface area contributed by atoms with Crippen LogP contribution in [0.25, 0.3) is 5.73 Å². The number of rotatable bonds is 2. The Morgan fingerprint density at radius 2 is 2.12 bits per heavy atom. The number of nitrogens with one attached hydrogen (secondary N) is 1. The standard InChI is InChI=1S/C10H16N5O/c1-13-2-4-14(5-3-13)10(16)8-15-7-9(11)6-12-15/h6-7,11H,2-5,8H2,1H3/q-1. The highest BCUT2D eigenvalue weighted by Gasteiger charge is 2.18. The Bertz CT molecular complexity index is 367. The molecule has 1 N–H and O–H groups in total. The van der Waals surface area contributed by atoms with E-state index in [0.717, 1.165) is 26.2 Å². The molecule has 0 bridgehead atoms. The van der Waals surface area contributed by atoms with Crippen molar-refractivity contribution in [1.29, 1.82) is 0 Å². The quantitative estimate of drug-likeness (QED) is 0.724. The molecule has 0 radical (unpaired) electrons. The molecule has 16 heavy (non-hydrogen) atoms. The summed E-state index contributed by atoms with van der Waals surface area (Å²) in [6.45, 7) is 3.65. The van der Waals surface area contributed by atoms with Gasteiger partial charge in [-0.25, -0.2) is 0 Å². The van der Waals surface area contributed by atoms with Gasteiger partial charge in [0.15, 0.2) is 0 Å². The maximum absolute atomic E-state index is 11.9. The van der Waals surface area contributed by atoms with Crippen molar-refractivity contribution in [3.63, 3.8) is 0 Å². The van der Waals surface area contributed by atoms with Crippen LogP contribution < -0.4 is 0 Å². The monoisotopic (exact) mass is 222 g/mol. The molecule has 0 aromatic carbocycles. The number of nitrogens with zero attached hydrogens (tertiary/aromatic N) is 4. The molecule has 0 saturated carbocycles. The summed E-state index contributed by atoms with van der Waals surface area (Å²) in [4.78, 5) is 15.9. The van der Waals surface area contributed by atoms with Gasteiger partial charge in [0.25, 0.3) is 0 Å². The van der Waals surface area contributed by atoms with E-state index in [1.165, 1.54) is 10.9 Å². The van der Waals surface area contributed by atoms with Gasteiger partial charge in [0.1, 0.15) is 6.54 Å². The zero-order valence-corrected chi connectivity index (χ0v) is 9.39. The number of likely N-dealkylation sites (N-methyl/N-ethyl adjacent to an activating group) is 1. The Morgan fingerprint density at radius 1 is 1.44 bits per heavy atom. The number of hydrogen-bond acceptors (Lipinski definition) is 3. The first kappa shape index (κ1) is 10.9. The van der Waals surface area contributed by atoms with Crippen molar-refractivity contribution in [2.75, 3.05) is 33.2 Å². The summed E-state index contributed by atoms with van der Waals surface area (Å²) in [7, 11) is 2.06. The molecule has 1 aliphatic rings. The lowest BCUT2D eigenvalue weighted by Gasteiger charge is -2.32. The van der Waals surface area contributed by atoms with Gasteiger partial charge in [0, 0.05) is 38.6 Å². The maximum atomic E-state index is 11.9. The molecule has 0 spiro atoms. The summed E-state index contributed by atoms with van der Waals surface area (Å²) < 4.78 is 1.52. The second-order valence-corrected chi connectivity index (χ2v) is 4.11. The SMILES string of the molecule is CN1CCN(C(=O)Cn2cc([NH-])cn2)CC1. The van der Waals surface area contributed by atoms with Crippen molar-refractivity contribution in [3.05, 3.63) is 18.1 Å². The van der Waals surface area contributed by atoms with Gasteiger partial charge in [0.2, 0.25) is 5.91 Å². The van der Waals surface area contributed by atoms with Crippen LogP contribution in [0.5, 0.6) is 0 Å². The molecule has 1 aromatic rings. The summed E-state index contributed by atoms with van der Waals surface area (Å²) in [5.74, 6) is 0.0798. The van der Waals surface area contributed by atoms with Crippen LogP contribution in [0.15, 0.2) is 12.4 Å². The highest BCUT2D eigenvalue weighted by atomic mass is 16.2. The fourth-order valence-electron chi connectivity index (χ4n) is 1.74. The minimum Gasteiger partial charge on any atom is -0.696 e. The van der Waals surface area contributed by atoms with E-state index in [2.05, 4.69) is 17.0 Å². The van der Waals surface area contributed by atoms with Gasteiger partial charge in [-0.05, 0) is 7.05 Å². The van der Waals surface area contributed by atoms with Crippen molar-refractivity contribution in [1.82, 2.24) is 19.6 Å². The topological polar surface area (TPSA) is 65.2 Å². The van der Waals surface area contributed by atoms with Gasteiger partial charge >= 0.3 is 0 Å². The van der Waals surface area contributed by atoms with Crippen molar-refractivity contribution >= 4 is 11.6 Å². The third-order valence-corrected chi connectivity index (χ3v) is 2.79. The largest absolute Gasteiger partial charge is 0.696 e. The van der Waals surface area contributed by atoms with Gasteiger partial charge in [-0.3, -0.25) is 9.48 Å². The molecule has 0 unspecified atom stereocenters. The highest BCUT2D eigenvalue weighted by molar-refractivity contribution is 5.76. The van der Waals surface area contributed by atoms with Crippen LogP contribution in [0.3, 0.4) is 0 Å². The molecule has 6 heteroatoms. The molecular formula is C10H16N5O-. The van der Waals surface area contributed by atoms with E-state index in [4.69, 9.17) is 5.73 Å². The van der Waals surface area contributed by atoms with E-state index in [1.54, 1.807) is 6.20 Å². The molecule has 1 fully saturated rings. The first-order valence-corrected chi connectivity index (χ1v) is 5.35. The van der Waals surface area contributed by atoms with E-state index in [-0.39, 0.29) is 12.5 Å². The smallest absolute Gasteiger partial charge is 0.244 e. The number of hydrogen-bond donors (Lipinski definition) is 0. The molecule has 1 aliphatic heterocycles. The van der Waals surface area contributed by atoms with E-state index in [1.807, 2.05) is 4.90 Å². The van der Waals surface area contributed by atoms with Crippen molar-refractivity contribution in [3.8, 4) is 0 Å². The Labute approximate surface area is 94.6 Å². The lowest BCUT2D eigenvalue weighted by molar-refractivity contribution is -0.133. The van der Waals surface area contributed by atoms with Gasteiger partial charge in [-0.2, -0.15) is 5.10 Å². The molecule has 1 aromatic heterocycles. The second kappa shape index (κ2) is 4.52. The number of carbonyl (C=O) groups is 1. The number of aromatic nitrogens is 2. The van der Waals surface area contributed by atoms with Crippen molar-refractivity contribution in [2.24, 2.45) is 0 Å². The molecule has 0 aliphatic carbocycles. The first-order chi connectivity index (χ1) is 7.65. The van der Waals surface area contributed by atoms with Crippen LogP contribution in [-0.2, 0) is 11.3 Å². The third kappa shape index (κ3) is 2.52. The van der Waals surface area contributed by atoms with Gasteiger partial charge in [-0.1, -0.05) is 0 Å². The molecule has 2 rings (SSSR count).